The molecule has 0 spiro atoms. The molecule has 3 rings (SSSR count). The second-order valence-corrected chi connectivity index (χ2v) is 6.30. The number of benzene rings is 1. The summed E-state index contributed by atoms with van der Waals surface area (Å²) in [4.78, 5) is 20.2. The summed E-state index contributed by atoms with van der Waals surface area (Å²) in [6, 6.07) is 11.0. The highest BCUT2D eigenvalue weighted by Crippen LogP contribution is 2.24. The zero-order valence-electron chi connectivity index (χ0n) is 12.1. The fourth-order valence-corrected chi connectivity index (χ4v) is 3.36. The number of nitrogens with zero attached hydrogens (tertiary/aromatic N) is 2. The molecule has 1 aromatic carbocycles. The van der Waals surface area contributed by atoms with Crippen LogP contribution in [0.3, 0.4) is 0 Å². The van der Waals surface area contributed by atoms with E-state index in [2.05, 4.69) is 9.97 Å². The molecule has 0 aliphatic carbocycles. The summed E-state index contributed by atoms with van der Waals surface area (Å²) in [6.45, 7) is 0. The van der Waals surface area contributed by atoms with E-state index in [0.717, 1.165) is 29.9 Å². The zero-order valence-corrected chi connectivity index (χ0v) is 12.9. The lowest BCUT2D eigenvalue weighted by Gasteiger charge is -2.22. The van der Waals surface area contributed by atoms with Crippen LogP contribution in [0.5, 0.6) is 5.88 Å². The van der Waals surface area contributed by atoms with Crippen LogP contribution in [-0.4, -0.2) is 33.5 Å². The van der Waals surface area contributed by atoms with Gasteiger partial charge in [0.1, 0.15) is 11.8 Å². The van der Waals surface area contributed by atoms with Crippen LogP contribution in [0.25, 0.3) is 11.4 Å². The van der Waals surface area contributed by atoms with Crippen LogP contribution in [0.1, 0.15) is 23.3 Å². The van der Waals surface area contributed by atoms with Gasteiger partial charge in [-0.1, -0.05) is 30.3 Å². The Kier molecular flexibility index (Phi) is 4.58. The molecule has 114 valence electrons. The molecule has 1 aliphatic heterocycles. The predicted octanol–water partition coefficient (Wildman–Crippen LogP) is 2.52. The Balaban J connectivity index is 1.91. The van der Waals surface area contributed by atoms with Gasteiger partial charge in [0.25, 0.3) is 5.91 Å². The minimum atomic E-state index is -0.580. The van der Waals surface area contributed by atoms with Crippen molar-refractivity contribution in [2.75, 3.05) is 11.5 Å². The molecule has 5 nitrogen and oxygen atoms in total. The highest BCUT2D eigenvalue weighted by atomic mass is 32.2. The maximum atomic E-state index is 11.5. The molecular formula is C16H17N3O2S. The van der Waals surface area contributed by atoms with Gasteiger partial charge in [0.15, 0.2) is 5.82 Å². The average Bonchev–Trinajstić information content (AvgIpc) is 2.56. The van der Waals surface area contributed by atoms with E-state index < -0.39 is 5.91 Å². The van der Waals surface area contributed by atoms with E-state index in [1.165, 1.54) is 6.07 Å². The number of thioether (sulfide) groups is 1. The molecule has 2 heterocycles. The van der Waals surface area contributed by atoms with E-state index in [4.69, 9.17) is 10.5 Å². The molecule has 2 N–H and O–H groups in total. The summed E-state index contributed by atoms with van der Waals surface area (Å²) in [7, 11) is 0. The molecule has 1 saturated heterocycles. The summed E-state index contributed by atoms with van der Waals surface area (Å²) >= 11 is 1.93. The van der Waals surface area contributed by atoms with Crippen molar-refractivity contribution < 1.29 is 9.53 Å². The topological polar surface area (TPSA) is 78.1 Å². The van der Waals surface area contributed by atoms with Crippen molar-refractivity contribution in [2.24, 2.45) is 5.73 Å². The molecule has 6 heteroatoms. The number of nitrogens with two attached hydrogens (primary N) is 1. The largest absolute Gasteiger partial charge is 0.474 e. The molecule has 1 fully saturated rings. The van der Waals surface area contributed by atoms with Gasteiger partial charge in [0, 0.05) is 11.6 Å². The quantitative estimate of drug-likeness (QED) is 0.938. The third kappa shape index (κ3) is 3.57. The summed E-state index contributed by atoms with van der Waals surface area (Å²) in [5.41, 5.74) is 6.38. The van der Waals surface area contributed by atoms with Crippen LogP contribution in [-0.2, 0) is 0 Å². The number of aromatic nitrogens is 2. The molecule has 1 amide bonds. The maximum absolute atomic E-state index is 11.5. The van der Waals surface area contributed by atoms with Crippen molar-refractivity contribution in [3.8, 4) is 17.3 Å². The number of ether oxygens (including phenoxy) is 1. The van der Waals surface area contributed by atoms with Gasteiger partial charge >= 0.3 is 0 Å². The molecule has 2 aromatic rings. The number of carbonyl (C=O) groups excluding carboxylic acids is 1. The fourth-order valence-electron chi connectivity index (χ4n) is 2.29. The Hall–Kier alpha value is -2.08. The Morgan fingerprint density at radius 2 is 1.91 bits per heavy atom. The van der Waals surface area contributed by atoms with E-state index in [1.54, 1.807) is 0 Å². The van der Waals surface area contributed by atoms with Gasteiger partial charge in [-0.05, 0) is 24.3 Å². The van der Waals surface area contributed by atoms with Crippen LogP contribution in [0.4, 0.5) is 0 Å². The molecule has 0 atom stereocenters. The smallest absolute Gasteiger partial charge is 0.267 e. The Morgan fingerprint density at radius 1 is 1.18 bits per heavy atom. The third-order valence-corrected chi connectivity index (χ3v) is 4.49. The predicted molar refractivity (Wildman–Crippen MR) is 87.0 cm³/mol. The molecule has 0 radical (unpaired) electrons. The maximum Gasteiger partial charge on any atom is 0.267 e. The summed E-state index contributed by atoms with van der Waals surface area (Å²) < 4.78 is 5.94. The van der Waals surface area contributed by atoms with Gasteiger partial charge in [0.05, 0.1) is 0 Å². The minimum absolute atomic E-state index is 0.139. The minimum Gasteiger partial charge on any atom is -0.474 e. The van der Waals surface area contributed by atoms with Crippen molar-refractivity contribution in [2.45, 2.75) is 18.9 Å². The first-order valence-corrected chi connectivity index (χ1v) is 8.36. The lowest BCUT2D eigenvalue weighted by Crippen LogP contribution is -2.23. The standard InChI is InChI=1S/C16H17N3O2S/c17-15(20)13-10-14(21-12-6-8-22-9-7-12)19-16(18-13)11-4-2-1-3-5-11/h1-5,10,12H,6-9H2,(H2,17,20). The lowest BCUT2D eigenvalue weighted by molar-refractivity contribution is 0.0994. The Labute approximate surface area is 133 Å². The van der Waals surface area contributed by atoms with Crippen molar-refractivity contribution in [3.05, 3.63) is 42.1 Å². The Bertz CT molecular complexity index is 658. The summed E-state index contributed by atoms with van der Waals surface area (Å²) in [6.07, 6.45) is 2.11. The summed E-state index contributed by atoms with van der Waals surface area (Å²) in [5, 5.41) is 0. The van der Waals surface area contributed by atoms with Crippen molar-refractivity contribution >= 4 is 17.7 Å². The zero-order chi connectivity index (χ0) is 15.4. The average molecular weight is 315 g/mol. The molecule has 1 aromatic heterocycles. The van der Waals surface area contributed by atoms with Gasteiger partial charge < -0.3 is 10.5 Å². The van der Waals surface area contributed by atoms with Gasteiger partial charge in [-0.2, -0.15) is 16.7 Å². The second-order valence-electron chi connectivity index (χ2n) is 5.07. The van der Waals surface area contributed by atoms with Crippen molar-refractivity contribution in [3.63, 3.8) is 0 Å². The van der Waals surface area contributed by atoms with Crippen LogP contribution in [0.15, 0.2) is 36.4 Å². The van der Waals surface area contributed by atoms with Gasteiger partial charge in [0.2, 0.25) is 5.88 Å². The molecule has 0 bridgehead atoms. The molecule has 1 aliphatic rings. The number of amides is 1. The number of hydrogen-bond donors (Lipinski definition) is 1. The normalized spacial score (nSPS) is 15.5. The molecule has 0 unspecified atom stereocenters. The first-order chi connectivity index (χ1) is 10.7. The number of hydrogen-bond acceptors (Lipinski definition) is 5. The van der Waals surface area contributed by atoms with E-state index in [-0.39, 0.29) is 11.8 Å². The van der Waals surface area contributed by atoms with Crippen LogP contribution >= 0.6 is 11.8 Å². The SMILES string of the molecule is NC(=O)c1cc(OC2CCSCC2)nc(-c2ccccc2)n1. The highest BCUT2D eigenvalue weighted by molar-refractivity contribution is 7.99. The molecule has 22 heavy (non-hydrogen) atoms. The van der Waals surface area contributed by atoms with Crippen LogP contribution < -0.4 is 10.5 Å². The first-order valence-electron chi connectivity index (χ1n) is 7.21. The Morgan fingerprint density at radius 3 is 2.59 bits per heavy atom. The first kappa shape index (κ1) is 14.8. The molecule has 0 saturated carbocycles. The number of rotatable bonds is 4. The number of carbonyl (C=O) groups is 1. The van der Waals surface area contributed by atoms with E-state index in [1.807, 2.05) is 42.1 Å². The second kappa shape index (κ2) is 6.79. The third-order valence-electron chi connectivity index (χ3n) is 3.44. The van der Waals surface area contributed by atoms with Crippen molar-refractivity contribution in [1.82, 2.24) is 9.97 Å². The van der Waals surface area contributed by atoms with Gasteiger partial charge in [-0.15, -0.1) is 0 Å². The van der Waals surface area contributed by atoms with Crippen LogP contribution in [0.2, 0.25) is 0 Å². The molecular weight excluding hydrogens is 298 g/mol. The van der Waals surface area contributed by atoms with Crippen molar-refractivity contribution in [1.29, 1.82) is 0 Å². The highest BCUT2D eigenvalue weighted by Gasteiger charge is 2.18. The number of primary amides is 1. The fraction of sp³-hybridized carbons (Fsp3) is 0.312. The van der Waals surface area contributed by atoms with E-state index in [0.29, 0.717) is 11.7 Å². The monoisotopic (exact) mass is 315 g/mol. The lowest BCUT2D eigenvalue weighted by atomic mass is 10.2. The van der Waals surface area contributed by atoms with Crippen LogP contribution in [0, 0.1) is 0 Å². The van der Waals surface area contributed by atoms with Gasteiger partial charge in [-0.25, -0.2) is 4.98 Å². The van der Waals surface area contributed by atoms with E-state index in [9.17, 15) is 4.79 Å². The summed E-state index contributed by atoms with van der Waals surface area (Å²) in [5.74, 6) is 2.47. The van der Waals surface area contributed by atoms with Gasteiger partial charge in [-0.3, -0.25) is 4.79 Å². The van der Waals surface area contributed by atoms with E-state index >= 15 is 0 Å².